The van der Waals surface area contributed by atoms with Crippen molar-refractivity contribution in [1.82, 2.24) is 0 Å². The SMILES string of the molecule is c1ccc(C2(c3ccccc3)c3ccccc3Oc3cccc(-c4cccc5c(-c6cccc7c6-c6c(ccc8ccccc68)C76c7ccccc7-c7ccccc76)c6cccc(-c7cccc8c7C(c7ccccc7)(c7ccccc7)c7ccccc7O8)c6cc45)c32)cc1. The van der Waals surface area contributed by atoms with E-state index in [2.05, 4.69) is 352 Å². The highest BCUT2D eigenvalue weighted by molar-refractivity contribution is 6.22. The van der Waals surface area contributed by atoms with Gasteiger partial charge in [0.2, 0.25) is 0 Å². The highest BCUT2D eigenvalue weighted by Gasteiger charge is 2.54. The van der Waals surface area contributed by atoms with E-state index in [1.807, 2.05) is 0 Å². The van der Waals surface area contributed by atoms with E-state index in [1.165, 1.54) is 66.4 Å². The van der Waals surface area contributed by atoms with Crippen molar-refractivity contribution in [2.24, 2.45) is 0 Å². The molecule has 0 aromatic heterocycles. The van der Waals surface area contributed by atoms with Crippen molar-refractivity contribution < 1.29 is 9.47 Å². The Morgan fingerprint density at radius 1 is 0.179 bits per heavy atom. The molecule has 0 fully saturated rings. The molecule has 0 N–H and O–H groups in total. The fourth-order valence-corrected chi connectivity index (χ4v) is 18.1. The van der Waals surface area contributed by atoms with Crippen molar-refractivity contribution in [2.45, 2.75) is 16.2 Å². The summed E-state index contributed by atoms with van der Waals surface area (Å²) >= 11 is 0. The van der Waals surface area contributed by atoms with Gasteiger partial charge in [0.25, 0.3) is 0 Å². The zero-order chi connectivity index (χ0) is 62.4. The van der Waals surface area contributed by atoms with Crippen LogP contribution in [0.25, 0.3) is 88.0 Å². The molecule has 20 rings (SSSR count). The van der Waals surface area contributed by atoms with E-state index in [0.29, 0.717) is 0 Å². The van der Waals surface area contributed by atoms with Gasteiger partial charge < -0.3 is 9.47 Å². The van der Waals surface area contributed by atoms with Crippen LogP contribution in [0.3, 0.4) is 0 Å². The van der Waals surface area contributed by atoms with E-state index in [-0.39, 0.29) is 0 Å². The van der Waals surface area contributed by atoms with E-state index in [4.69, 9.17) is 9.47 Å². The molecule has 2 aliphatic carbocycles. The standard InChI is InChI=1S/C93H58O2/c1-5-29-60(30-6-1)91(61-31-7-2-8-32-61)78-49-19-21-52-82(78)94-84-54-26-44-71(89(84)91)65-40-23-42-69-74(65)58-75-66(72-45-27-55-85-90(72)92(62-33-9-3-10-34-62,63-35-11-4-12-36-63)79-50-20-22-53-83(79)95-85)41-24-43-70(75)86(69)73-46-25-51-80-88(73)87-64-37-14-13-28-59(64)56-57-81(87)93(80)76-47-17-15-38-67(76)68-39-16-18-48-77(68)93/h1-58H. The molecule has 442 valence electrons. The second-order valence-corrected chi connectivity index (χ2v) is 25.8. The van der Waals surface area contributed by atoms with Gasteiger partial charge in [-0.2, -0.15) is 0 Å². The van der Waals surface area contributed by atoms with Gasteiger partial charge in [-0.25, -0.2) is 0 Å². The van der Waals surface area contributed by atoms with Crippen LogP contribution >= 0.6 is 0 Å². The molecule has 2 heteroatoms. The average molecular weight is 1210 g/mol. The van der Waals surface area contributed by atoms with Crippen molar-refractivity contribution in [3.63, 3.8) is 0 Å². The van der Waals surface area contributed by atoms with Crippen LogP contribution in [-0.2, 0) is 16.2 Å². The quantitative estimate of drug-likeness (QED) is 0.148. The Labute approximate surface area is 551 Å². The van der Waals surface area contributed by atoms with Crippen LogP contribution in [0.4, 0.5) is 0 Å². The molecule has 2 heterocycles. The summed E-state index contributed by atoms with van der Waals surface area (Å²) in [5.74, 6) is 3.34. The van der Waals surface area contributed by atoms with Crippen LogP contribution in [0, 0.1) is 0 Å². The van der Waals surface area contributed by atoms with E-state index in [1.54, 1.807) is 0 Å². The predicted octanol–water partition coefficient (Wildman–Crippen LogP) is 23.5. The lowest BCUT2D eigenvalue weighted by Gasteiger charge is -2.43. The van der Waals surface area contributed by atoms with Gasteiger partial charge in [0.15, 0.2) is 0 Å². The summed E-state index contributed by atoms with van der Waals surface area (Å²) in [5, 5.41) is 7.04. The number of para-hydroxylation sites is 2. The largest absolute Gasteiger partial charge is 0.457 e. The third kappa shape index (κ3) is 7.18. The minimum atomic E-state index is -0.791. The van der Waals surface area contributed by atoms with Gasteiger partial charge in [-0.1, -0.05) is 322 Å². The van der Waals surface area contributed by atoms with Crippen LogP contribution in [0.5, 0.6) is 23.0 Å². The van der Waals surface area contributed by atoms with Crippen molar-refractivity contribution in [3.8, 4) is 78.6 Å². The Morgan fingerprint density at radius 3 is 1.03 bits per heavy atom. The van der Waals surface area contributed by atoms with Crippen molar-refractivity contribution >= 4 is 32.3 Å². The molecule has 0 radical (unpaired) electrons. The number of fused-ring (bicyclic) bond motifs is 18. The molecule has 95 heavy (non-hydrogen) atoms. The van der Waals surface area contributed by atoms with Crippen LogP contribution in [0.15, 0.2) is 352 Å². The third-order valence-electron chi connectivity index (χ3n) is 21.5. The Kier molecular flexibility index (Phi) is 11.5. The van der Waals surface area contributed by atoms with Crippen LogP contribution < -0.4 is 9.47 Å². The first kappa shape index (κ1) is 53.6. The lowest BCUT2D eigenvalue weighted by atomic mass is 9.62. The summed E-state index contributed by atoms with van der Waals surface area (Å²) in [6.07, 6.45) is 0. The topological polar surface area (TPSA) is 18.5 Å². The van der Waals surface area contributed by atoms with E-state index >= 15 is 0 Å². The van der Waals surface area contributed by atoms with E-state index in [0.717, 1.165) is 111 Å². The number of hydrogen-bond acceptors (Lipinski definition) is 2. The van der Waals surface area contributed by atoms with Crippen molar-refractivity contribution in [1.29, 1.82) is 0 Å². The predicted molar refractivity (Wildman–Crippen MR) is 388 cm³/mol. The summed E-state index contributed by atoms with van der Waals surface area (Å²) in [7, 11) is 0. The highest BCUT2D eigenvalue weighted by Crippen LogP contribution is 2.67. The van der Waals surface area contributed by atoms with Gasteiger partial charge in [-0.3, -0.25) is 0 Å². The molecule has 0 atom stereocenters. The van der Waals surface area contributed by atoms with Crippen molar-refractivity contribution in [3.05, 3.63) is 419 Å². The number of hydrogen-bond donors (Lipinski definition) is 0. The maximum absolute atomic E-state index is 7.26. The molecule has 0 saturated carbocycles. The molecule has 16 aromatic carbocycles. The maximum Gasteiger partial charge on any atom is 0.132 e. The molecule has 0 amide bonds. The molecule has 4 aliphatic rings. The Balaban J connectivity index is 0.955. The molecule has 2 nitrogen and oxygen atoms in total. The summed E-state index contributed by atoms with van der Waals surface area (Å²) in [4.78, 5) is 0. The zero-order valence-corrected chi connectivity index (χ0v) is 51.8. The fourth-order valence-electron chi connectivity index (χ4n) is 18.1. The molecule has 2 aliphatic heterocycles. The van der Waals surface area contributed by atoms with E-state index in [9.17, 15) is 0 Å². The lowest BCUT2D eigenvalue weighted by Crippen LogP contribution is -2.34. The van der Waals surface area contributed by atoms with E-state index < -0.39 is 16.2 Å². The monoisotopic (exact) mass is 1210 g/mol. The summed E-state index contributed by atoms with van der Waals surface area (Å²) < 4.78 is 14.5. The first-order valence-corrected chi connectivity index (χ1v) is 33.1. The van der Waals surface area contributed by atoms with Gasteiger partial charge in [-0.05, 0) is 163 Å². The van der Waals surface area contributed by atoms with Gasteiger partial charge in [0.1, 0.15) is 23.0 Å². The Morgan fingerprint density at radius 2 is 0.526 bits per heavy atom. The minimum absolute atomic E-state index is 0.593. The maximum atomic E-state index is 7.26. The minimum Gasteiger partial charge on any atom is -0.457 e. The van der Waals surface area contributed by atoms with Gasteiger partial charge in [0, 0.05) is 22.3 Å². The summed E-state index contributed by atoms with van der Waals surface area (Å²) in [6.45, 7) is 0. The molecule has 1 spiro atoms. The lowest BCUT2D eigenvalue weighted by molar-refractivity contribution is 0.435. The van der Waals surface area contributed by atoms with Crippen molar-refractivity contribution in [2.75, 3.05) is 0 Å². The third-order valence-corrected chi connectivity index (χ3v) is 21.5. The Bertz CT molecular complexity index is 5480. The average Bonchev–Trinajstić information content (AvgIpc) is 1.65. The number of benzene rings is 16. The number of rotatable bonds is 7. The van der Waals surface area contributed by atoms with Gasteiger partial charge in [0.05, 0.1) is 16.2 Å². The molecule has 0 saturated heterocycles. The second-order valence-electron chi connectivity index (χ2n) is 25.8. The summed E-state index contributed by atoms with van der Waals surface area (Å²) in [5.41, 5.74) is 24.0. The fraction of sp³-hybridized carbons (Fsp3) is 0.0323. The normalized spacial score (nSPS) is 14.3. The Hall–Kier alpha value is -12.1. The van der Waals surface area contributed by atoms with Crippen LogP contribution in [0.1, 0.15) is 66.8 Å². The highest BCUT2D eigenvalue weighted by atomic mass is 16.5. The van der Waals surface area contributed by atoms with Crippen LogP contribution in [-0.4, -0.2) is 0 Å². The number of ether oxygens (including phenoxy) is 2. The van der Waals surface area contributed by atoms with Gasteiger partial charge in [-0.15, -0.1) is 0 Å². The summed E-state index contributed by atoms with van der Waals surface area (Å²) in [6, 6.07) is 131. The molecular weight excluding hydrogens is 1150 g/mol. The zero-order valence-electron chi connectivity index (χ0n) is 51.8. The molecule has 0 bridgehead atoms. The van der Waals surface area contributed by atoms with Gasteiger partial charge >= 0.3 is 0 Å². The molecule has 16 aromatic rings. The molecule has 0 unspecified atom stereocenters. The van der Waals surface area contributed by atoms with Crippen LogP contribution in [0.2, 0.25) is 0 Å². The smallest absolute Gasteiger partial charge is 0.132 e. The molecular formula is C93H58O2. The second kappa shape index (κ2) is 20.4. The first-order valence-electron chi connectivity index (χ1n) is 33.1. The first-order chi connectivity index (χ1) is 47.2.